The third kappa shape index (κ3) is 5.28. The van der Waals surface area contributed by atoms with Crippen molar-refractivity contribution in [2.24, 2.45) is 23.7 Å². The van der Waals surface area contributed by atoms with Crippen LogP contribution in [0.15, 0.2) is 0 Å². The fourth-order valence-electron chi connectivity index (χ4n) is 3.58. The zero-order valence-electron chi connectivity index (χ0n) is 14.1. The normalized spacial score (nSPS) is 28.1. The minimum absolute atomic E-state index is 0.131. The van der Waals surface area contributed by atoms with Gasteiger partial charge >= 0.3 is 0 Å². The van der Waals surface area contributed by atoms with Gasteiger partial charge in [0.1, 0.15) is 0 Å². The monoisotopic (exact) mass is 295 g/mol. The molecule has 0 aromatic rings. The maximum absolute atomic E-state index is 11.9. The molecule has 3 heteroatoms. The fourth-order valence-corrected chi connectivity index (χ4v) is 3.58. The van der Waals surface area contributed by atoms with Gasteiger partial charge in [-0.15, -0.1) is 0 Å². The molecule has 3 nitrogen and oxygen atoms in total. The van der Waals surface area contributed by atoms with E-state index in [1.165, 1.54) is 25.7 Å². The molecule has 122 valence electrons. The zero-order chi connectivity index (χ0) is 15.2. The molecule has 0 atom stereocenters. The highest BCUT2D eigenvalue weighted by molar-refractivity contribution is 5.78. The van der Waals surface area contributed by atoms with Crippen LogP contribution in [0.2, 0.25) is 0 Å². The molecular formula is C18H33NO2. The number of carbonyl (C=O) groups is 1. The first-order chi connectivity index (χ1) is 10.1. The summed E-state index contributed by atoms with van der Waals surface area (Å²) >= 11 is 0. The maximum Gasteiger partial charge on any atom is 0.225 e. The molecule has 1 heterocycles. The average molecular weight is 295 g/mol. The summed E-state index contributed by atoms with van der Waals surface area (Å²) in [6.45, 7) is 10.0. The molecule has 0 aromatic heterocycles. The standard InChI is InChI=1S/C18H33NO2/c1-14(2)18(20)19-10-8-17(9-11-19)13-21-12-16-6-4-15(3)5-7-16/h14-17H,4-13H2,1-3H3. The van der Waals surface area contributed by atoms with E-state index < -0.39 is 0 Å². The van der Waals surface area contributed by atoms with E-state index in [-0.39, 0.29) is 5.92 Å². The molecule has 2 rings (SSSR count). The second-order valence-electron chi connectivity index (χ2n) is 7.59. The van der Waals surface area contributed by atoms with Gasteiger partial charge in [-0.2, -0.15) is 0 Å². The van der Waals surface area contributed by atoms with Crippen molar-refractivity contribution in [3.05, 3.63) is 0 Å². The molecule has 1 aliphatic heterocycles. The largest absolute Gasteiger partial charge is 0.381 e. The van der Waals surface area contributed by atoms with Gasteiger partial charge in [0.15, 0.2) is 0 Å². The Labute approximate surface area is 130 Å². The molecule has 21 heavy (non-hydrogen) atoms. The van der Waals surface area contributed by atoms with E-state index in [0.29, 0.717) is 11.8 Å². The Balaban J connectivity index is 1.58. The molecule has 0 radical (unpaired) electrons. The fraction of sp³-hybridized carbons (Fsp3) is 0.944. The van der Waals surface area contributed by atoms with Crippen molar-refractivity contribution >= 4 is 5.91 Å². The number of piperidine rings is 1. The molecule has 0 bridgehead atoms. The van der Waals surface area contributed by atoms with Crippen molar-refractivity contribution in [3.63, 3.8) is 0 Å². The molecule has 1 aliphatic carbocycles. The van der Waals surface area contributed by atoms with E-state index in [1.807, 2.05) is 18.7 Å². The van der Waals surface area contributed by atoms with Crippen LogP contribution in [-0.4, -0.2) is 37.1 Å². The highest BCUT2D eigenvalue weighted by Crippen LogP contribution is 2.28. The van der Waals surface area contributed by atoms with Crippen LogP contribution in [-0.2, 0) is 9.53 Å². The zero-order valence-corrected chi connectivity index (χ0v) is 14.1. The average Bonchev–Trinajstić information content (AvgIpc) is 2.49. The summed E-state index contributed by atoms with van der Waals surface area (Å²) in [6.07, 6.45) is 7.68. The van der Waals surface area contributed by atoms with Crippen molar-refractivity contribution in [1.29, 1.82) is 0 Å². The quantitative estimate of drug-likeness (QED) is 0.773. The molecule has 0 unspecified atom stereocenters. The summed E-state index contributed by atoms with van der Waals surface area (Å²) in [5.74, 6) is 2.81. The highest BCUT2D eigenvalue weighted by Gasteiger charge is 2.25. The number of carbonyl (C=O) groups excluding carboxylic acids is 1. The highest BCUT2D eigenvalue weighted by atomic mass is 16.5. The summed E-state index contributed by atoms with van der Waals surface area (Å²) in [5, 5.41) is 0. The lowest BCUT2D eigenvalue weighted by Gasteiger charge is -2.33. The van der Waals surface area contributed by atoms with Gasteiger partial charge in [-0.1, -0.05) is 33.6 Å². The van der Waals surface area contributed by atoms with Crippen LogP contribution in [0.1, 0.15) is 59.3 Å². The maximum atomic E-state index is 11.9. The Morgan fingerprint density at radius 1 is 1.00 bits per heavy atom. The minimum Gasteiger partial charge on any atom is -0.381 e. The van der Waals surface area contributed by atoms with E-state index in [1.54, 1.807) is 0 Å². The first-order valence-corrected chi connectivity index (χ1v) is 8.92. The van der Waals surface area contributed by atoms with Crippen molar-refractivity contribution in [2.45, 2.75) is 59.3 Å². The van der Waals surface area contributed by atoms with Gasteiger partial charge in [-0.3, -0.25) is 4.79 Å². The molecule has 1 amide bonds. The van der Waals surface area contributed by atoms with Gasteiger partial charge in [0, 0.05) is 32.2 Å². The van der Waals surface area contributed by atoms with Crippen molar-refractivity contribution in [1.82, 2.24) is 4.90 Å². The topological polar surface area (TPSA) is 29.5 Å². The first-order valence-electron chi connectivity index (χ1n) is 8.92. The van der Waals surface area contributed by atoms with Gasteiger partial charge in [0.25, 0.3) is 0 Å². The molecule has 1 saturated carbocycles. The third-order valence-electron chi connectivity index (χ3n) is 5.26. The van der Waals surface area contributed by atoms with Crippen LogP contribution in [0.4, 0.5) is 0 Å². The van der Waals surface area contributed by atoms with Crippen LogP contribution in [0.5, 0.6) is 0 Å². The molecule has 2 aliphatic rings. The van der Waals surface area contributed by atoms with Gasteiger partial charge in [0.2, 0.25) is 5.91 Å². The van der Waals surface area contributed by atoms with E-state index in [4.69, 9.17) is 4.74 Å². The van der Waals surface area contributed by atoms with Crippen molar-refractivity contribution in [3.8, 4) is 0 Å². The molecule has 1 saturated heterocycles. The predicted molar refractivity (Wildman–Crippen MR) is 86.1 cm³/mol. The predicted octanol–water partition coefficient (Wildman–Crippen LogP) is 3.72. The van der Waals surface area contributed by atoms with Crippen molar-refractivity contribution < 1.29 is 9.53 Å². The number of hydrogen-bond donors (Lipinski definition) is 0. The van der Waals surface area contributed by atoms with E-state index in [9.17, 15) is 4.79 Å². The van der Waals surface area contributed by atoms with Gasteiger partial charge in [0.05, 0.1) is 0 Å². The van der Waals surface area contributed by atoms with Crippen LogP contribution >= 0.6 is 0 Å². The Morgan fingerprint density at radius 3 is 2.05 bits per heavy atom. The van der Waals surface area contributed by atoms with Gasteiger partial charge < -0.3 is 9.64 Å². The molecule has 0 spiro atoms. The van der Waals surface area contributed by atoms with E-state index in [0.717, 1.165) is 51.0 Å². The lowest BCUT2D eigenvalue weighted by atomic mass is 9.83. The lowest BCUT2D eigenvalue weighted by molar-refractivity contribution is -0.136. The summed E-state index contributed by atoms with van der Waals surface area (Å²) in [6, 6.07) is 0. The minimum atomic E-state index is 0.131. The molecule has 2 fully saturated rings. The third-order valence-corrected chi connectivity index (χ3v) is 5.26. The van der Waals surface area contributed by atoms with Crippen LogP contribution < -0.4 is 0 Å². The first kappa shape index (κ1) is 16.8. The van der Waals surface area contributed by atoms with Crippen molar-refractivity contribution in [2.75, 3.05) is 26.3 Å². The summed E-state index contributed by atoms with van der Waals surface area (Å²) in [7, 11) is 0. The van der Waals surface area contributed by atoms with E-state index >= 15 is 0 Å². The summed E-state index contributed by atoms with van der Waals surface area (Å²) < 4.78 is 5.99. The SMILES string of the molecule is CC1CCC(COCC2CCN(C(=O)C(C)C)CC2)CC1. The van der Waals surface area contributed by atoms with Crippen LogP contribution in [0.3, 0.4) is 0 Å². The second-order valence-corrected chi connectivity index (χ2v) is 7.59. The number of likely N-dealkylation sites (tertiary alicyclic amines) is 1. The molecule has 0 N–H and O–H groups in total. The Kier molecular flexibility index (Phi) is 6.53. The number of amides is 1. The number of hydrogen-bond acceptors (Lipinski definition) is 2. The summed E-state index contributed by atoms with van der Waals surface area (Å²) in [4.78, 5) is 14.0. The van der Waals surface area contributed by atoms with Gasteiger partial charge in [-0.25, -0.2) is 0 Å². The van der Waals surface area contributed by atoms with Gasteiger partial charge in [-0.05, 0) is 43.4 Å². The smallest absolute Gasteiger partial charge is 0.225 e. The Morgan fingerprint density at radius 2 is 1.52 bits per heavy atom. The second kappa shape index (κ2) is 8.17. The van der Waals surface area contributed by atoms with Crippen LogP contribution in [0, 0.1) is 23.7 Å². The molecular weight excluding hydrogens is 262 g/mol. The Bertz CT molecular complexity index is 313. The number of ether oxygens (including phenoxy) is 1. The van der Waals surface area contributed by atoms with Crippen LogP contribution in [0.25, 0.3) is 0 Å². The molecule has 0 aromatic carbocycles. The Hall–Kier alpha value is -0.570. The number of nitrogens with zero attached hydrogens (tertiary/aromatic N) is 1. The lowest BCUT2D eigenvalue weighted by Crippen LogP contribution is -2.41. The van der Waals surface area contributed by atoms with E-state index in [2.05, 4.69) is 6.92 Å². The number of rotatable bonds is 5. The summed E-state index contributed by atoms with van der Waals surface area (Å²) in [5.41, 5.74) is 0.